The molecule has 1 amide bonds. The standard InChI is InChI=1S/C20H25N3O2/c1-15-7-8-16(2)18(13-15)22-20(24)14-21-17-5-3-4-6-19(17)23-9-11-25-12-10-23/h3-8,13,21H,9-12,14H2,1-2H3,(H,22,24). The van der Waals surface area contributed by atoms with Gasteiger partial charge in [0.05, 0.1) is 31.1 Å². The van der Waals surface area contributed by atoms with Gasteiger partial charge in [0.1, 0.15) is 0 Å². The topological polar surface area (TPSA) is 53.6 Å². The maximum Gasteiger partial charge on any atom is 0.243 e. The number of anilines is 3. The molecule has 1 heterocycles. The smallest absolute Gasteiger partial charge is 0.243 e. The number of para-hydroxylation sites is 2. The van der Waals surface area contributed by atoms with E-state index >= 15 is 0 Å². The first-order valence-electron chi connectivity index (χ1n) is 8.66. The summed E-state index contributed by atoms with van der Waals surface area (Å²) >= 11 is 0. The zero-order valence-corrected chi connectivity index (χ0v) is 14.8. The third kappa shape index (κ3) is 4.51. The number of rotatable bonds is 5. The van der Waals surface area contributed by atoms with Crippen LogP contribution in [-0.2, 0) is 9.53 Å². The number of hydrogen-bond acceptors (Lipinski definition) is 4. The van der Waals surface area contributed by atoms with Gasteiger partial charge in [0.2, 0.25) is 5.91 Å². The highest BCUT2D eigenvalue weighted by atomic mass is 16.5. The Morgan fingerprint density at radius 2 is 1.84 bits per heavy atom. The fourth-order valence-electron chi connectivity index (χ4n) is 2.94. The van der Waals surface area contributed by atoms with Gasteiger partial charge in [-0.25, -0.2) is 0 Å². The Bertz CT molecular complexity index is 739. The molecule has 0 spiro atoms. The molecule has 5 heteroatoms. The zero-order valence-electron chi connectivity index (χ0n) is 14.8. The predicted molar refractivity (Wildman–Crippen MR) is 103 cm³/mol. The molecule has 0 atom stereocenters. The largest absolute Gasteiger partial charge is 0.378 e. The van der Waals surface area contributed by atoms with Crippen molar-refractivity contribution >= 4 is 23.0 Å². The Hall–Kier alpha value is -2.53. The molecule has 0 aliphatic carbocycles. The van der Waals surface area contributed by atoms with Crippen molar-refractivity contribution < 1.29 is 9.53 Å². The van der Waals surface area contributed by atoms with Gasteiger partial charge in [-0.1, -0.05) is 24.3 Å². The third-order valence-corrected chi connectivity index (χ3v) is 4.36. The van der Waals surface area contributed by atoms with Crippen molar-refractivity contribution in [1.82, 2.24) is 0 Å². The van der Waals surface area contributed by atoms with Crippen LogP contribution in [0, 0.1) is 13.8 Å². The molecule has 1 saturated heterocycles. The van der Waals surface area contributed by atoms with Gasteiger partial charge in [-0.15, -0.1) is 0 Å². The lowest BCUT2D eigenvalue weighted by Gasteiger charge is -2.30. The summed E-state index contributed by atoms with van der Waals surface area (Å²) in [7, 11) is 0. The Kier molecular flexibility index (Phi) is 5.56. The fraction of sp³-hybridized carbons (Fsp3) is 0.350. The molecule has 0 bridgehead atoms. The molecule has 2 N–H and O–H groups in total. The summed E-state index contributed by atoms with van der Waals surface area (Å²) in [5.41, 5.74) is 5.15. The van der Waals surface area contributed by atoms with Gasteiger partial charge in [-0.05, 0) is 43.2 Å². The lowest BCUT2D eigenvalue weighted by atomic mass is 10.1. The van der Waals surface area contributed by atoms with E-state index in [1.54, 1.807) is 0 Å². The molecule has 2 aromatic carbocycles. The van der Waals surface area contributed by atoms with Crippen LogP contribution in [0.5, 0.6) is 0 Å². The lowest BCUT2D eigenvalue weighted by molar-refractivity contribution is -0.114. The third-order valence-electron chi connectivity index (χ3n) is 4.36. The Labute approximate surface area is 149 Å². The molecule has 3 rings (SSSR count). The zero-order chi connectivity index (χ0) is 17.6. The molecular formula is C20H25N3O2. The van der Waals surface area contributed by atoms with Crippen molar-refractivity contribution in [3.8, 4) is 0 Å². The number of aryl methyl sites for hydroxylation is 2. The van der Waals surface area contributed by atoms with Crippen LogP contribution in [-0.4, -0.2) is 38.8 Å². The molecule has 2 aromatic rings. The summed E-state index contributed by atoms with van der Waals surface area (Å²) in [6.45, 7) is 7.46. The first-order chi connectivity index (χ1) is 12.1. The number of morpholine rings is 1. The monoisotopic (exact) mass is 339 g/mol. The van der Waals surface area contributed by atoms with E-state index in [2.05, 4.69) is 21.6 Å². The SMILES string of the molecule is Cc1ccc(C)c(NC(=O)CNc2ccccc2N2CCOCC2)c1. The highest BCUT2D eigenvalue weighted by Crippen LogP contribution is 2.26. The van der Waals surface area contributed by atoms with Crippen molar-refractivity contribution in [3.05, 3.63) is 53.6 Å². The molecule has 0 radical (unpaired) electrons. The van der Waals surface area contributed by atoms with Gasteiger partial charge in [0.15, 0.2) is 0 Å². The second kappa shape index (κ2) is 8.03. The van der Waals surface area contributed by atoms with Gasteiger partial charge in [0, 0.05) is 18.8 Å². The summed E-state index contributed by atoms with van der Waals surface area (Å²) < 4.78 is 5.42. The van der Waals surface area contributed by atoms with Crippen molar-refractivity contribution in [1.29, 1.82) is 0 Å². The van der Waals surface area contributed by atoms with Crippen molar-refractivity contribution in [3.63, 3.8) is 0 Å². The molecule has 1 aliphatic rings. The summed E-state index contributed by atoms with van der Waals surface area (Å²) in [6, 6.07) is 14.1. The highest BCUT2D eigenvalue weighted by Gasteiger charge is 2.15. The van der Waals surface area contributed by atoms with Crippen LogP contribution in [0.25, 0.3) is 0 Å². The quantitative estimate of drug-likeness (QED) is 0.878. The summed E-state index contributed by atoms with van der Waals surface area (Å²) in [5, 5.41) is 6.26. The van der Waals surface area contributed by atoms with Crippen LogP contribution >= 0.6 is 0 Å². The minimum absolute atomic E-state index is 0.0505. The number of nitrogens with one attached hydrogen (secondary N) is 2. The number of benzene rings is 2. The minimum atomic E-state index is -0.0505. The van der Waals surface area contributed by atoms with E-state index in [1.807, 2.05) is 50.2 Å². The number of carbonyl (C=O) groups is 1. The molecule has 25 heavy (non-hydrogen) atoms. The highest BCUT2D eigenvalue weighted by molar-refractivity contribution is 5.95. The van der Waals surface area contributed by atoms with E-state index in [0.717, 1.165) is 54.5 Å². The van der Waals surface area contributed by atoms with Gasteiger partial charge < -0.3 is 20.3 Å². The number of carbonyl (C=O) groups excluding carboxylic acids is 1. The second-order valence-electron chi connectivity index (χ2n) is 6.34. The number of amides is 1. The molecule has 0 aromatic heterocycles. The van der Waals surface area contributed by atoms with Crippen LogP contribution in [0.3, 0.4) is 0 Å². The Morgan fingerprint density at radius 3 is 2.64 bits per heavy atom. The van der Waals surface area contributed by atoms with E-state index in [4.69, 9.17) is 4.74 Å². The molecule has 1 aliphatic heterocycles. The number of ether oxygens (including phenoxy) is 1. The number of nitrogens with zero attached hydrogens (tertiary/aromatic N) is 1. The van der Waals surface area contributed by atoms with Crippen molar-refractivity contribution in [2.24, 2.45) is 0 Å². The van der Waals surface area contributed by atoms with Crippen LogP contribution < -0.4 is 15.5 Å². The maximum atomic E-state index is 12.3. The minimum Gasteiger partial charge on any atom is -0.378 e. The first kappa shape index (κ1) is 17.3. The van der Waals surface area contributed by atoms with Crippen LogP contribution in [0.4, 0.5) is 17.1 Å². The van der Waals surface area contributed by atoms with Crippen molar-refractivity contribution in [2.45, 2.75) is 13.8 Å². The van der Waals surface area contributed by atoms with Crippen LogP contribution in [0.2, 0.25) is 0 Å². The number of hydrogen-bond donors (Lipinski definition) is 2. The first-order valence-corrected chi connectivity index (χ1v) is 8.66. The van der Waals surface area contributed by atoms with Gasteiger partial charge >= 0.3 is 0 Å². The second-order valence-corrected chi connectivity index (χ2v) is 6.34. The van der Waals surface area contributed by atoms with E-state index in [9.17, 15) is 4.79 Å². The Balaban J connectivity index is 1.63. The van der Waals surface area contributed by atoms with Gasteiger partial charge in [-0.2, -0.15) is 0 Å². The molecule has 0 unspecified atom stereocenters. The van der Waals surface area contributed by atoms with Crippen molar-refractivity contribution in [2.75, 3.05) is 48.4 Å². The average Bonchev–Trinajstić information content (AvgIpc) is 2.64. The normalized spacial score (nSPS) is 14.2. The fourth-order valence-corrected chi connectivity index (χ4v) is 2.94. The average molecular weight is 339 g/mol. The van der Waals surface area contributed by atoms with E-state index < -0.39 is 0 Å². The molecule has 1 fully saturated rings. The lowest BCUT2D eigenvalue weighted by Crippen LogP contribution is -2.36. The summed E-state index contributed by atoms with van der Waals surface area (Å²) in [6.07, 6.45) is 0. The maximum absolute atomic E-state index is 12.3. The molecule has 132 valence electrons. The van der Waals surface area contributed by atoms with E-state index in [0.29, 0.717) is 0 Å². The molecular weight excluding hydrogens is 314 g/mol. The van der Waals surface area contributed by atoms with Gasteiger partial charge in [-0.3, -0.25) is 4.79 Å². The predicted octanol–water partition coefficient (Wildman–Crippen LogP) is 3.19. The molecule has 0 saturated carbocycles. The van der Waals surface area contributed by atoms with Crippen LogP contribution in [0.1, 0.15) is 11.1 Å². The molecule has 5 nitrogen and oxygen atoms in total. The van der Waals surface area contributed by atoms with E-state index in [-0.39, 0.29) is 12.5 Å². The Morgan fingerprint density at radius 1 is 1.08 bits per heavy atom. The summed E-state index contributed by atoms with van der Waals surface area (Å²) in [5.74, 6) is -0.0505. The summed E-state index contributed by atoms with van der Waals surface area (Å²) in [4.78, 5) is 14.6. The van der Waals surface area contributed by atoms with Gasteiger partial charge in [0.25, 0.3) is 0 Å². The van der Waals surface area contributed by atoms with E-state index in [1.165, 1.54) is 0 Å². The van der Waals surface area contributed by atoms with Crippen LogP contribution in [0.15, 0.2) is 42.5 Å².